The fourth-order valence-corrected chi connectivity index (χ4v) is 6.91. The number of hydrogen-bond acceptors (Lipinski definition) is 5. The Morgan fingerprint density at radius 2 is 0.977 bits per heavy atom. The van der Waals surface area contributed by atoms with Gasteiger partial charge in [-0.1, -0.05) is 72.8 Å². The minimum absolute atomic E-state index is 0.216. The number of hydrogen-bond donors (Lipinski definition) is 0. The molecule has 2 aliphatic carbocycles. The maximum Gasteiger partial charge on any atom is 0.187 e. The fraction of sp³-hybridized carbons (Fsp3) is 0.176. The number of halogens is 4. The Morgan fingerprint density at radius 1 is 0.558 bits per heavy atom. The van der Waals surface area contributed by atoms with Gasteiger partial charge in [0.25, 0.3) is 0 Å². The first kappa shape index (κ1) is 29.7. The molecule has 4 aromatic rings. The van der Waals surface area contributed by atoms with Crippen molar-refractivity contribution in [2.24, 2.45) is 0 Å². The second-order valence-electron chi connectivity index (χ2n) is 10.3. The molecule has 5 nitrogen and oxygen atoms in total. The number of carbonyl (C=O) groups is 4. The largest absolute Gasteiger partial charge is 0.335 e. The van der Waals surface area contributed by atoms with Gasteiger partial charge in [-0.15, -0.1) is 46.4 Å². The highest BCUT2D eigenvalue weighted by molar-refractivity contribution is 6.34. The molecular weight excluding hydrogens is 630 g/mol. The van der Waals surface area contributed by atoms with Crippen molar-refractivity contribution in [3.63, 3.8) is 0 Å². The first-order valence-electron chi connectivity index (χ1n) is 13.3. The molecule has 0 aliphatic heterocycles. The van der Waals surface area contributed by atoms with E-state index in [1.54, 1.807) is 60.7 Å². The van der Waals surface area contributed by atoms with Crippen molar-refractivity contribution < 1.29 is 23.9 Å². The van der Waals surface area contributed by atoms with Gasteiger partial charge >= 0.3 is 0 Å². The van der Waals surface area contributed by atoms with Crippen molar-refractivity contribution in [1.82, 2.24) is 0 Å². The molecule has 0 N–H and O–H groups in total. The molecule has 216 valence electrons. The lowest BCUT2D eigenvalue weighted by molar-refractivity contribution is -0.165. The molecule has 0 saturated heterocycles. The zero-order valence-corrected chi connectivity index (χ0v) is 25.5. The summed E-state index contributed by atoms with van der Waals surface area (Å²) >= 11 is 24.3. The normalized spacial score (nSPS) is 20.0. The van der Waals surface area contributed by atoms with Crippen molar-refractivity contribution in [2.45, 2.75) is 11.2 Å². The fourth-order valence-electron chi connectivity index (χ4n) is 6.22. The van der Waals surface area contributed by atoms with Crippen LogP contribution < -0.4 is 0 Å². The Balaban J connectivity index is 1.66. The quantitative estimate of drug-likeness (QED) is 0.130. The summed E-state index contributed by atoms with van der Waals surface area (Å²) in [6.07, 6.45) is 6.65. The third-order valence-electron chi connectivity index (χ3n) is 8.18. The molecule has 0 saturated carbocycles. The third kappa shape index (κ3) is 4.41. The van der Waals surface area contributed by atoms with E-state index in [4.69, 9.17) is 51.1 Å². The highest BCUT2D eigenvalue weighted by Gasteiger charge is 2.52. The topological polar surface area (TPSA) is 77.5 Å². The van der Waals surface area contributed by atoms with Crippen LogP contribution in [0.1, 0.15) is 43.0 Å². The third-order valence-corrected chi connectivity index (χ3v) is 9.15. The predicted molar refractivity (Wildman–Crippen MR) is 172 cm³/mol. The van der Waals surface area contributed by atoms with Crippen molar-refractivity contribution in [3.8, 4) is 0 Å². The number of ether oxygens (including phenoxy) is 1. The molecule has 2 aliphatic rings. The number of alkyl halides is 4. The number of ketones is 4. The molecule has 0 heterocycles. The lowest BCUT2D eigenvalue weighted by atomic mass is 9.75. The van der Waals surface area contributed by atoms with E-state index >= 15 is 0 Å². The van der Waals surface area contributed by atoms with E-state index in [1.807, 2.05) is 24.3 Å². The first-order chi connectivity index (χ1) is 20.8. The summed E-state index contributed by atoms with van der Waals surface area (Å²) in [5.74, 6) is -2.87. The van der Waals surface area contributed by atoms with Gasteiger partial charge in [-0.3, -0.25) is 19.2 Å². The van der Waals surface area contributed by atoms with E-state index in [1.165, 1.54) is 0 Å². The lowest BCUT2D eigenvalue weighted by Crippen LogP contribution is -2.50. The smallest absolute Gasteiger partial charge is 0.187 e. The Hall–Kier alpha value is -3.32. The van der Waals surface area contributed by atoms with Gasteiger partial charge in [0.05, 0.1) is 23.5 Å². The Morgan fingerprint density at radius 3 is 1.35 bits per heavy atom. The number of benzene rings is 4. The van der Waals surface area contributed by atoms with Crippen molar-refractivity contribution >= 4 is 103 Å². The van der Waals surface area contributed by atoms with Crippen LogP contribution in [0.2, 0.25) is 0 Å². The molecule has 2 unspecified atom stereocenters. The van der Waals surface area contributed by atoms with Crippen LogP contribution in [-0.2, 0) is 25.5 Å². The number of carbonyl (C=O) groups excluding carboxylic acids is 4. The first-order valence-corrected chi connectivity index (χ1v) is 15.5. The van der Waals surface area contributed by atoms with Crippen LogP contribution in [0.3, 0.4) is 0 Å². The Kier molecular flexibility index (Phi) is 7.82. The van der Waals surface area contributed by atoms with Crippen LogP contribution in [0.4, 0.5) is 0 Å². The molecule has 0 fully saturated rings. The molecule has 4 aromatic carbocycles. The minimum Gasteiger partial charge on any atom is -0.335 e. The van der Waals surface area contributed by atoms with Gasteiger partial charge < -0.3 is 4.74 Å². The molecule has 0 amide bonds. The van der Waals surface area contributed by atoms with Gasteiger partial charge in [0.1, 0.15) is 0 Å². The summed E-state index contributed by atoms with van der Waals surface area (Å²) in [6.45, 7) is 0. The highest BCUT2D eigenvalue weighted by atomic mass is 35.5. The molecule has 43 heavy (non-hydrogen) atoms. The molecule has 0 aromatic heterocycles. The van der Waals surface area contributed by atoms with Gasteiger partial charge in [-0.2, -0.15) is 0 Å². The number of rotatable bonds is 10. The van der Waals surface area contributed by atoms with Crippen molar-refractivity contribution in [1.29, 1.82) is 0 Å². The maximum absolute atomic E-state index is 14.0. The summed E-state index contributed by atoms with van der Waals surface area (Å²) in [5, 5.41) is 2.41. The number of Topliss-reactive ketones (excluding diaryl/α,β-unsaturated/α-hetero) is 4. The van der Waals surface area contributed by atoms with E-state index in [9.17, 15) is 19.2 Å². The van der Waals surface area contributed by atoms with E-state index in [0.717, 1.165) is 11.1 Å². The summed E-state index contributed by atoms with van der Waals surface area (Å²) in [4.78, 5) is 53.5. The van der Waals surface area contributed by atoms with E-state index in [2.05, 4.69) is 0 Å². The summed E-state index contributed by atoms with van der Waals surface area (Å²) in [7, 11) is 0. The standard InChI is InChI=1S/C34H22Cl4O5/c35-15-27(39)21-7-9-25-31-19(3-1-5-23(21)31)11-13-33(25,29(41)17-37)43-34(30(42)18-38)14-12-20-4-2-6-24-22(28(40)16-36)8-10-26(34)32(20)24/h1-14H,15-18H2. The van der Waals surface area contributed by atoms with Crippen LogP contribution in [0, 0.1) is 0 Å². The van der Waals surface area contributed by atoms with Gasteiger partial charge in [0, 0.05) is 22.3 Å². The minimum atomic E-state index is -1.84. The zero-order valence-electron chi connectivity index (χ0n) is 22.5. The second kappa shape index (κ2) is 11.3. The van der Waals surface area contributed by atoms with Gasteiger partial charge in [-0.25, -0.2) is 0 Å². The van der Waals surface area contributed by atoms with Crippen LogP contribution in [-0.4, -0.2) is 46.7 Å². The second-order valence-corrected chi connectivity index (χ2v) is 11.4. The average molecular weight is 652 g/mol. The molecule has 0 bridgehead atoms. The van der Waals surface area contributed by atoms with Gasteiger partial charge in [-0.05, 0) is 44.8 Å². The van der Waals surface area contributed by atoms with Crippen LogP contribution in [0.5, 0.6) is 0 Å². The molecule has 6 rings (SSSR count). The lowest BCUT2D eigenvalue weighted by Gasteiger charge is -2.43. The highest BCUT2D eigenvalue weighted by Crippen LogP contribution is 2.50. The Bertz CT molecular complexity index is 1810. The van der Waals surface area contributed by atoms with Crippen molar-refractivity contribution in [3.05, 3.63) is 106 Å². The van der Waals surface area contributed by atoms with Crippen LogP contribution >= 0.6 is 46.4 Å². The maximum atomic E-state index is 14.0. The molecule has 2 atom stereocenters. The van der Waals surface area contributed by atoms with Gasteiger partial charge in [0.2, 0.25) is 0 Å². The predicted octanol–water partition coefficient (Wildman–Crippen LogP) is 7.61. The zero-order chi connectivity index (χ0) is 30.5. The summed E-state index contributed by atoms with van der Waals surface area (Å²) in [6, 6.07) is 17.4. The Labute approximate surface area is 267 Å². The van der Waals surface area contributed by atoms with E-state index in [0.29, 0.717) is 43.8 Å². The monoisotopic (exact) mass is 650 g/mol. The average Bonchev–Trinajstić information content (AvgIpc) is 3.05. The van der Waals surface area contributed by atoms with E-state index < -0.39 is 34.5 Å². The van der Waals surface area contributed by atoms with Crippen LogP contribution in [0.25, 0.3) is 33.7 Å². The summed E-state index contributed by atoms with van der Waals surface area (Å²) in [5.41, 5.74) is -0.514. The molecular formula is C34H22Cl4O5. The molecule has 0 radical (unpaired) electrons. The molecule has 0 spiro atoms. The van der Waals surface area contributed by atoms with Crippen molar-refractivity contribution in [2.75, 3.05) is 23.5 Å². The SMILES string of the molecule is O=C(CCl)c1ccc2c3c(cccc13)C=CC2(OC1(C(=O)CCl)C=Cc2cccc3c(C(=O)CCl)ccc1c23)C(=O)CCl. The van der Waals surface area contributed by atoms with E-state index in [-0.39, 0.29) is 23.3 Å². The van der Waals surface area contributed by atoms with Crippen LogP contribution in [0.15, 0.2) is 72.8 Å². The molecule has 9 heteroatoms. The van der Waals surface area contributed by atoms with Gasteiger partial charge in [0.15, 0.2) is 34.3 Å². The summed E-state index contributed by atoms with van der Waals surface area (Å²) < 4.78 is 6.90.